The molecule has 0 radical (unpaired) electrons. The second-order valence-electron chi connectivity index (χ2n) is 3.21. The van der Waals surface area contributed by atoms with Crippen molar-refractivity contribution < 1.29 is 0 Å². The highest BCUT2D eigenvalue weighted by Crippen LogP contribution is 2.21. The first-order valence-corrected chi connectivity index (χ1v) is 5.50. The van der Waals surface area contributed by atoms with Gasteiger partial charge >= 0.3 is 0 Å². The van der Waals surface area contributed by atoms with Gasteiger partial charge < -0.3 is 0 Å². The molecule has 3 heterocycles. The second-order valence-corrected chi connectivity index (χ2v) is 3.99. The van der Waals surface area contributed by atoms with Crippen LogP contribution < -0.4 is 0 Å². The highest BCUT2D eigenvalue weighted by molar-refractivity contribution is 7.08. The Hall–Kier alpha value is -1.75. The molecule has 5 heteroatoms. The van der Waals surface area contributed by atoms with Crippen LogP contribution in [0.15, 0.2) is 29.1 Å². The molecule has 4 nitrogen and oxygen atoms in total. The molecule has 0 aliphatic rings. The molecule has 0 atom stereocenters. The number of hydrogen-bond acceptors (Lipinski definition) is 4. The smallest absolute Gasteiger partial charge is 0.220 e. The number of fused-ring (bicyclic) bond motifs is 1. The molecule has 74 valence electrons. The van der Waals surface area contributed by atoms with Gasteiger partial charge in [0, 0.05) is 17.1 Å². The summed E-state index contributed by atoms with van der Waals surface area (Å²) in [5, 5.41) is 8.45. The first-order valence-electron chi connectivity index (χ1n) is 4.55. The third-order valence-electron chi connectivity index (χ3n) is 2.16. The van der Waals surface area contributed by atoms with Crippen molar-refractivity contribution in [1.29, 1.82) is 0 Å². The van der Waals surface area contributed by atoms with Crippen molar-refractivity contribution in [2.24, 2.45) is 0 Å². The van der Waals surface area contributed by atoms with Crippen LogP contribution in [-0.2, 0) is 0 Å². The van der Waals surface area contributed by atoms with Crippen LogP contribution in [0.2, 0.25) is 0 Å². The fraction of sp³-hybridized carbons (Fsp3) is 0.100. The van der Waals surface area contributed by atoms with E-state index in [1.807, 2.05) is 18.4 Å². The molecular weight excluding hydrogens is 208 g/mol. The standard InChI is InChI=1S/C10H8N4S/c1-7-12-10-11-4-2-9(14(10)13-7)8-3-5-15-6-8/h2-6H,1H3. The molecule has 0 N–H and O–H groups in total. The van der Waals surface area contributed by atoms with E-state index < -0.39 is 0 Å². The normalized spacial score (nSPS) is 11.0. The van der Waals surface area contributed by atoms with Gasteiger partial charge in [-0.25, -0.2) is 4.98 Å². The minimum Gasteiger partial charge on any atom is -0.220 e. The first-order chi connectivity index (χ1) is 7.34. The Kier molecular flexibility index (Phi) is 1.78. The van der Waals surface area contributed by atoms with Gasteiger partial charge in [-0.3, -0.25) is 0 Å². The summed E-state index contributed by atoms with van der Waals surface area (Å²) in [6, 6.07) is 4.01. The summed E-state index contributed by atoms with van der Waals surface area (Å²) in [5.74, 6) is 1.39. The van der Waals surface area contributed by atoms with Crippen molar-refractivity contribution in [3.05, 3.63) is 34.9 Å². The fourth-order valence-corrected chi connectivity index (χ4v) is 2.17. The van der Waals surface area contributed by atoms with Crippen LogP contribution in [0.3, 0.4) is 0 Å². The summed E-state index contributed by atoms with van der Waals surface area (Å²) in [6.45, 7) is 1.87. The molecule has 3 aromatic rings. The third kappa shape index (κ3) is 1.32. The predicted octanol–water partition coefficient (Wildman–Crippen LogP) is 2.16. The molecule has 0 spiro atoms. The number of aryl methyl sites for hydroxylation is 1. The summed E-state index contributed by atoms with van der Waals surface area (Å²) in [6.07, 6.45) is 1.76. The molecule has 0 saturated carbocycles. The Labute approximate surface area is 90.2 Å². The maximum atomic E-state index is 4.32. The van der Waals surface area contributed by atoms with Crippen LogP contribution in [0.5, 0.6) is 0 Å². The predicted molar refractivity (Wildman–Crippen MR) is 58.8 cm³/mol. The maximum Gasteiger partial charge on any atom is 0.252 e. The van der Waals surface area contributed by atoms with Gasteiger partial charge in [-0.2, -0.15) is 20.8 Å². The lowest BCUT2D eigenvalue weighted by atomic mass is 10.2. The lowest BCUT2D eigenvalue weighted by molar-refractivity contribution is 0.924. The van der Waals surface area contributed by atoms with Gasteiger partial charge in [-0.15, -0.1) is 5.10 Å². The summed E-state index contributed by atoms with van der Waals surface area (Å²) in [5.41, 5.74) is 2.18. The lowest BCUT2D eigenvalue weighted by Gasteiger charge is -1.99. The van der Waals surface area contributed by atoms with Gasteiger partial charge in [-0.05, 0) is 24.4 Å². The number of nitrogens with zero attached hydrogens (tertiary/aromatic N) is 4. The molecule has 0 aliphatic carbocycles. The largest absolute Gasteiger partial charge is 0.252 e. The minimum absolute atomic E-state index is 0.649. The van der Waals surface area contributed by atoms with E-state index in [9.17, 15) is 0 Å². The van der Waals surface area contributed by atoms with Crippen LogP contribution in [-0.4, -0.2) is 19.6 Å². The van der Waals surface area contributed by atoms with Gasteiger partial charge in [0.1, 0.15) is 5.82 Å². The third-order valence-corrected chi connectivity index (χ3v) is 2.85. The zero-order valence-electron chi connectivity index (χ0n) is 8.08. The van der Waals surface area contributed by atoms with Crippen LogP contribution in [0.25, 0.3) is 17.0 Å². The summed E-state index contributed by atoms with van der Waals surface area (Å²) in [4.78, 5) is 8.39. The number of thiophene rings is 1. The van der Waals surface area contributed by atoms with E-state index in [-0.39, 0.29) is 0 Å². The molecule has 0 unspecified atom stereocenters. The van der Waals surface area contributed by atoms with Gasteiger partial charge in [0.05, 0.1) is 5.69 Å². The van der Waals surface area contributed by atoms with E-state index in [2.05, 4.69) is 26.5 Å². The van der Waals surface area contributed by atoms with Crippen molar-refractivity contribution in [3.8, 4) is 11.3 Å². The van der Waals surface area contributed by atoms with Crippen LogP contribution >= 0.6 is 11.3 Å². The fourth-order valence-electron chi connectivity index (χ4n) is 1.52. The second kappa shape index (κ2) is 3.13. The average Bonchev–Trinajstić information content (AvgIpc) is 2.82. The Morgan fingerprint density at radius 3 is 3.07 bits per heavy atom. The highest BCUT2D eigenvalue weighted by Gasteiger charge is 2.07. The highest BCUT2D eigenvalue weighted by atomic mass is 32.1. The SMILES string of the molecule is Cc1nc2nccc(-c3ccsc3)n2n1. The van der Waals surface area contributed by atoms with Gasteiger partial charge in [0.2, 0.25) is 0 Å². The van der Waals surface area contributed by atoms with Crippen molar-refractivity contribution in [2.75, 3.05) is 0 Å². The summed E-state index contributed by atoms with van der Waals surface area (Å²) >= 11 is 1.67. The Balaban J connectivity index is 2.35. The zero-order chi connectivity index (χ0) is 10.3. The average molecular weight is 216 g/mol. The first kappa shape index (κ1) is 8.55. The van der Waals surface area contributed by atoms with E-state index in [1.54, 1.807) is 22.0 Å². The molecule has 0 amide bonds. The summed E-state index contributed by atoms with van der Waals surface area (Å²) < 4.78 is 1.78. The van der Waals surface area contributed by atoms with Crippen LogP contribution in [0.1, 0.15) is 5.82 Å². The molecule has 15 heavy (non-hydrogen) atoms. The molecule has 0 fully saturated rings. The number of rotatable bonds is 1. The Bertz CT molecular complexity index is 597. The molecule has 3 aromatic heterocycles. The monoisotopic (exact) mass is 216 g/mol. The molecule has 3 rings (SSSR count). The molecule has 0 saturated heterocycles. The van der Waals surface area contributed by atoms with Gasteiger partial charge in [-0.1, -0.05) is 0 Å². The zero-order valence-corrected chi connectivity index (χ0v) is 8.90. The number of hydrogen-bond donors (Lipinski definition) is 0. The van der Waals surface area contributed by atoms with E-state index >= 15 is 0 Å². The molecule has 0 bridgehead atoms. The lowest BCUT2D eigenvalue weighted by Crippen LogP contribution is -1.94. The summed E-state index contributed by atoms with van der Waals surface area (Å²) in [7, 11) is 0. The van der Waals surface area contributed by atoms with E-state index in [1.165, 1.54) is 0 Å². The quantitative estimate of drug-likeness (QED) is 0.626. The van der Waals surface area contributed by atoms with Crippen LogP contribution in [0, 0.1) is 6.92 Å². The van der Waals surface area contributed by atoms with Gasteiger partial charge in [0.15, 0.2) is 0 Å². The molecule has 0 aliphatic heterocycles. The van der Waals surface area contributed by atoms with E-state index in [4.69, 9.17) is 0 Å². The number of aromatic nitrogens is 4. The van der Waals surface area contributed by atoms with Crippen LogP contribution in [0.4, 0.5) is 0 Å². The van der Waals surface area contributed by atoms with Crippen molar-refractivity contribution >= 4 is 17.1 Å². The van der Waals surface area contributed by atoms with E-state index in [0.29, 0.717) is 5.78 Å². The Morgan fingerprint density at radius 2 is 2.27 bits per heavy atom. The minimum atomic E-state index is 0.649. The van der Waals surface area contributed by atoms with Gasteiger partial charge in [0.25, 0.3) is 5.78 Å². The topological polar surface area (TPSA) is 43.1 Å². The van der Waals surface area contributed by atoms with E-state index in [0.717, 1.165) is 17.1 Å². The maximum absolute atomic E-state index is 4.32. The Morgan fingerprint density at radius 1 is 1.33 bits per heavy atom. The van der Waals surface area contributed by atoms with Crippen molar-refractivity contribution in [3.63, 3.8) is 0 Å². The van der Waals surface area contributed by atoms with Crippen molar-refractivity contribution in [2.45, 2.75) is 6.92 Å². The van der Waals surface area contributed by atoms with Crippen molar-refractivity contribution in [1.82, 2.24) is 19.6 Å². The molecule has 0 aromatic carbocycles. The molecular formula is C10H8N4S.